The molecule has 0 atom stereocenters. The van der Waals surface area contributed by atoms with E-state index in [1.165, 1.54) is 11.3 Å². The van der Waals surface area contributed by atoms with Gasteiger partial charge in [0.2, 0.25) is 0 Å². The Morgan fingerprint density at radius 2 is 1.62 bits per heavy atom. The summed E-state index contributed by atoms with van der Waals surface area (Å²) in [6.45, 7) is 1.93. The number of hydrogen-bond donors (Lipinski definition) is 1. The molecule has 0 aliphatic rings. The predicted octanol–water partition coefficient (Wildman–Crippen LogP) is 3.89. The quantitative estimate of drug-likeness (QED) is 0.365. The molecule has 0 aliphatic heterocycles. The number of rotatable bonds is 4. The number of aromatic nitrogens is 2. The number of hydrogen-bond acceptors (Lipinski definition) is 6. The van der Waals surface area contributed by atoms with Crippen molar-refractivity contribution in [2.75, 3.05) is 14.2 Å². The van der Waals surface area contributed by atoms with Crippen molar-refractivity contribution in [3.63, 3.8) is 0 Å². The molecule has 168 valence electrons. The molecule has 12 heteroatoms. The molecule has 0 unspecified atom stereocenters. The Morgan fingerprint density at radius 1 is 0.938 bits per heavy atom. The lowest BCUT2D eigenvalue weighted by atomic mass is 10.1. The number of benzene rings is 2. The van der Waals surface area contributed by atoms with Gasteiger partial charge in [0.1, 0.15) is 21.7 Å². The Balaban J connectivity index is 0.000000523. The van der Waals surface area contributed by atoms with Crippen LogP contribution in [-0.2, 0) is 0 Å². The summed E-state index contributed by atoms with van der Waals surface area (Å²) in [4.78, 5) is 3.36. The van der Waals surface area contributed by atoms with Gasteiger partial charge in [-0.1, -0.05) is 12.1 Å². The Hall–Kier alpha value is -3.41. The molecule has 4 aromatic rings. The molecule has 1 N–H and O–H groups in total. The van der Waals surface area contributed by atoms with Crippen LogP contribution in [-0.4, -0.2) is 31.7 Å². The topological polar surface area (TPSA) is 71.4 Å². The molecule has 32 heavy (non-hydrogen) atoms. The summed E-state index contributed by atoms with van der Waals surface area (Å²) >= 11 is 1.50. The molecule has 0 fully saturated rings. The van der Waals surface area contributed by atoms with E-state index < -0.39 is 7.25 Å². The third-order valence-corrected chi connectivity index (χ3v) is 4.86. The van der Waals surface area contributed by atoms with Crippen LogP contribution in [0.25, 0.3) is 22.3 Å². The lowest BCUT2D eigenvalue weighted by Crippen LogP contribution is -2.70. The van der Waals surface area contributed by atoms with Crippen LogP contribution in [0.5, 0.6) is 11.5 Å². The van der Waals surface area contributed by atoms with E-state index in [2.05, 4.69) is 15.2 Å². The summed E-state index contributed by atoms with van der Waals surface area (Å²) in [5, 5.41) is 11.7. The molecule has 0 bridgehead atoms. The molecule has 6 nitrogen and oxygen atoms in total. The number of ether oxygens (including phenoxy) is 2. The third kappa shape index (κ3) is 6.07. The van der Waals surface area contributed by atoms with E-state index in [-0.39, 0.29) is 0 Å². The summed E-state index contributed by atoms with van der Waals surface area (Å²) in [5.41, 5.74) is 1.66. The number of para-hydroxylation sites is 1. The summed E-state index contributed by atoms with van der Waals surface area (Å²) in [6, 6.07) is 15.5. The van der Waals surface area contributed by atoms with Gasteiger partial charge in [-0.15, -0.1) is 0 Å². The molecule has 2 heterocycles. The van der Waals surface area contributed by atoms with Crippen LogP contribution in [0, 0.1) is 6.92 Å². The highest BCUT2D eigenvalue weighted by Crippen LogP contribution is 2.32. The summed E-state index contributed by atoms with van der Waals surface area (Å²) in [6.07, 6.45) is 0. The fraction of sp³-hybridized carbons (Fsp3) is 0.150. The lowest BCUT2D eigenvalue weighted by Gasteiger charge is -2.09. The molecule has 2 aromatic carbocycles. The minimum absolute atomic E-state index is 0.646. The van der Waals surface area contributed by atoms with Crippen molar-refractivity contribution in [2.45, 2.75) is 6.92 Å². The first-order valence-corrected chi connectivity index (χ1v) is 10.0. The molecule has 0 amide bonds. The largest absolute Gasteiger partial charge is 0.673 e. The van der Waals surface area contributed by atoms with Gasteiger partial charge in [0.25, 0.3) is 0 Å². The van der Waals surface area contributed by atoms with Crippen LogP contribution in [0.2, 0.25) is 0 Å². The molecular weight excluding hydrogens is 449 g/mol. The molecule has 0 saturated heterocycles. The van der Waals surface area contributed by atoms with Gasteiger partial charge in [-0.2, -0.15) is 0 Å². The molecular formula is C20H18BF4N3O3S. The highest BCUT2D eigenvalue weighted by atomic mass is 32.1. The van der Waals surface area contributed by atoms with Gasteiger partial charge in [0.15, 0.2) is 11.5 Å². The van der Waals surface area contributed by atoms with Crippen LogP contribution < -0.4 is 19.8 Å². The Bertz CT molecular complexity index is 1290. The van der Waals surface area contributed by atoms with Gasteiger partial charge in [-0.25, -0.2) is 4.99 Å². The first-order valence-electron chi connectivity index (χ1n) is 9.20. The second kappa shape index (κ2) is 9.81. The third-order valence-electron chi connectivity index (χ3n) is 4.11. The fourth-order valence-corrected chi connectivity index (χ4v) is 3.44. The monoisotopic (exact) mass is 467 g/mol. The van der Waals surface area contributed by atoms with E-state index >= 15 is 0 Å². The number of nitrogens with one attached hydrogen (secondary N) is 1. The molecule has 0 spiro atoms. The zero-order chi connectivity index (χ0) is 23.3. The predicted molar refractivity (Wildman–Crippen MR) is 113 cm³/mol. The van der Waals surface area contributed by atoms with E-state index in [0.29, 0.717) is 17.3 Å². The summed E-state index contributed by atoms with van der Waals surface area (Å²) in [7, 11) is -2.77. The Kier molecular flexibility index (Phi) is 7.13. The van der Waals surface area contributed by atoms with Crippen molar-refractivity contribution in [3.8, 4) is 22.8 Å². The second-order valence-corrected chi connectivity index (χ2v) is 7.52. The maximum absolute atomic E-state index is 9.75. The van der Waals surface area contributed by atoms with Crippen molar-refractivity contribution in [1.82, 2.24) is 10.2 Å². The molecule has 0 radical (unpaired) electrons. The summed E-state index contributed by atoms with van der Waals surface area (Å²) in [5.74, 6) is 2.02. The van der Waals surface area contributed by atoms with Crippen molar-refractivity contribution in [3.05, 3.63) is 58.9 Å². The van der Waals surface area contributed by atoms with Crippen molar-refractivity contribution in [2.24, 2.45) is 0 Å². The first-order chi connectivity index (χ1) is 15.2. The average molecular weight is 467 g/mol. The standard InChI is InChI=1S/C20H17N3O3S.BF4/c1-12-22-23-20(27-12)21-15-11-18(26-16-7-5-4-6-14(15)16)13-8-9-17(24-2)19(10-13)25-3;2-1(3,4)5/h4-11H,1-3H3;/q;-1/p+1. The van der Waals surface area contributed by atoms with Gasteiger partial charge in [-0.05, 0) is 53.7 Å². The van der Waals surface area contributed by atoms with E-state index in [1.807, 2.05) is 55.5 Å². The van der Waals surface area contributed by atoms with Crippen LogP contribution in [0.3, 0.4) is 0 Å². The van der Waals surface area contributed by atoms with Gasteiger partial charge >= 0.3 is 12.4 Å². The van der Waals surface area contributed by atoms with Crippen molar-refractivity contribution in [1.29, 1.82) is 0 Å². The van der Waals surface area contributed by atoms with Crippen molar-refractivity contribution >= 4 is 34.7 Å². The summed E-state index contributed by atoms with van der Waals surface area (Å²) < 4.78 is 55.9. The second-order valence-electron chi connectivity index (χ2n) is 6.34. The lowest BCUT2D eigenvalue weighted by molar-refractivity contribution is -0.401. The van der Waals surface area contributed by atoms with Crippen LogP contribution in [0.1, 0.15) is 5.01 Å². The molecule has 2 aromatic heterocycles. The van der Waals surface area contributed by atoms with Gasteiger partial charge in [0, 0.05) is 11.6 Å². The van der Waals surface area contributed by atoms with E-state index in [4.69, 9.17) is 13.9 Å². The van der Waals surface area contributed by atoms with E-state index in [0.717, 1.165) is 32.0 Å². The van der Waals surface area contributed by atoms with Crippen LogP contribution in [0.4, 0.5) is 22.4 Å². The van der Waals surface area contributed by atoms with Gasteiger partial charge in [0.05, 0.1) is 24.7 Å². The molecule has 0 saturated carbocycles. The number of fused-ring (bicyclic) bond motifs is 1. The normalized spacial score (nSPS) is 11.8. The minimum Gasteiger partial charge on any atom is -0.493 e. The van der Waals surface area contributed by atoms with Gasteiger partial charge < -0.3 is 31.2 Å². The molecule has 4 rings (SSSR count). The highest BCUT2D eigenvalue weighted by Gasteiger charge is 2.20. The number of halogens is 4. The van der Waals surface area contributed by atoms with E-state index in [9.17, 15) is 17.3 Å². The van der Waals surface area contributed by atoms with Gasteiger partial charge in [-0.3, -0.25) is 0 Å². The zero-order valence-electron chi connectivity index (χ0n) is 17.2. The zero-order valence-corrected chi connectivity index (χ0v) is 18.1. The minimum atomic E-state index is -6.00. The maximum Gasteiger partial charge on any atom is 0.673 e. The maximum atomic E-state index is 9.75. The number of aryl methyl sites for hydroxylation is 1. The van der Waals surface area contributed by atoms with Crippen molar-refractivity contribution < 1.29 is 36.1 Å². The van der Waals surface area contributed by atoms with E-state index in [1.54, 1.807) is 14.2 Å². The Labute approximate surface area is 184 Å². The highest BCUT2D eigenvalue weighted by molar-refractivity contribution is 7.14. The Morgan fingerprint density at radius 3 is 2.25 bits per heavy atom. The number of nitrogens with zero attached hydrogens (tertiary/aromatic N) is 2. The average Bonchev–Trinajstić information content (AvgIpc) is 3.16. The molecule has 0 aliphatic carbocycles. The van der Waals surface area contributed by atoms with Crippen LogP contribution >= 0.6 is 11.3 Å². The fourth-order valence-electron chi connectivity index (χ4n) is 2.83. The first kappa shape index (κ1) is 23.3. The number of methoxy groups -OCH3 is 2. The van der Waals surface area contributed by atoms with Crippen LogP contribution in [0.15, 0.2) is 52.9 Å². The smallest absolute Gasteiger partial charge is 0.493 e. The SMILES string of the molecule is COc1ccc(-c2cc(=[NH+]c3nnc(C)s3)c3ccccc3o2)cc1OC.F[B-](F)(F)F.